The first kappa shape index (κ1) is 25.2. The number of ether oxygens (including phenoxy) is 1. The second-order valence-corrected chi connectivity index (χ2v) is 7.44. The van der Waals surface area contributed by atoms with Crippen LogP contribution in [0.5, 0.6) is 5.75 Å². The molecule has 0 fully saturated rings. The number of alkyl halides is 9. The van der Waals surface area contributed by atoms with Gasteiger partial charge in [-0.1, -0.05) is 11.6 Å². The molecule has 0 bridgehead atoms. The fraction of sp³-hybridized carbons (Fsp3) is 0.500. The van der Waals surface area contributed by atoms with E-state index in [0.29, 0.717) is 17.2 Å². The largest absolute Gasteiger partial charge is 0.494 e. The van der Waals surface area contributed by atoms with E-state index >= 15 is 0 Å². The van der Waals surface area contributed by atoms with Gasteiger partial charge in [0.1, 0.15) is 5.75 Å². The third kappa shape index (κ3) is 6.07. The molecule has 1 rings (SSSR count). The number of benzene rings is 1. The van der Waals surface area contributed by atoms with Gasteiger partial charge in [0.15, 0.2) is 0 Å². The minimum atomic E-state index is -6.89. The molecule has 0 atom stereocenters. The lowest BCUT2D eigenvalue weighted by Crippen LogP contribution is -2.60. The molecule has 0 N–H and O–H groups in total. The average Bonchev–Trinajstić information content (AvgIpc) is 2.54. The zero-order chi connectivity index (χ0) is 21.8. The van der Waals surface area contributed by atoms with Gasteiger partial charge in [-0.05, 0) is 69.7 Å². The van der Waals surface area contributed by atoms with Crippen LogP contribution in [0.4, 0.5) is 39.5 Å². The first-order chi connectivity index (χ1) is 12.6. The van der Waals surface area contributed by atoms with Crippen LogP contribution in [0.3, 0.4) is 0 Å². The molecule has 12 heteroatoms. The Morgan fingerprint density at radius 1 is 0.893 bits per heavy atom. The van der Waals surface area contributed by atoms with E-state index in [1.165, 1.54) is 22.6 Å². The first-order valence-corrected chi connectivity index (χ1v) is 9.03. The normalized spacial score (nSPS) is 14.3. The van der Waals surface area contributed by atoms with Crippen molar-refractivity contribution in [3.8, 4) is 5.75 Å². The highest BCUT2D eigenvalue weighted by Gasteiger charge is 2.81. The van der Waals surface area contributed by atoms with E-state index in [0.717, 1.165) is 0 Å². The Morgan fingerprint density at radius 2 is 1.43 bits per heavy atom. The molecule has 0 saturated carbocycles. The van der Waals surface area contributed by atoms with E-state index in [-0.39, 0.29) is 19.4 Å². The predicted molar refractivity (Wildman–Crippen MR) is 93.8 cm³/mol. The summed E-state index contributed by atoms with van der Waals surface area (Å²) in [7, 11) is 0. The van der Waals surface area contributed by atoms with Crippen LogP contribution in [0.15, 0.2) is 33.9 Å². The molecular weight excluding hydrogens is 542 g/mol. The molecule has 0 heterocycles. The predicted octanol–water partition coefficient (Wildman–Crippen LogP) is 7.68. The second-order valence-electron chi connectivity index (χ2n) is 5.62. The SMILES string of the molecule is FC(F)(F)C(F)(F)C(F)(F)C(F)(F)/C=C(/I)CCCCOc1ccc(Cl)cc1. The monoisotopic (exact) mass is 554 g/mol. The van der Waals surface area contributed by atoms with Gasteiger partial charge in [-0.25, -0.2) is 0 Å². The molecule has 0 radical (unpaired) electrons. The molecule has 0 amide bonds. The van der Waals surface area contributed by atoms with Gasteiger partial charge in [0.2, 0.25) is 0 Å². The molecule has 0 aliphatic heterocycles. The smallest absolute Gasteiger partial charge is 0.460 e. The minimum absolute atomic E-state index is 0.143. The zero-order valence-electron chi connectivity index (χ0n) is 13.8. The van der Waals surface area contributed by atoms with Gasteiger partial charge in [0, 0.05) is 11.1 Å². The summed E-state index contributed by atoms with van der Waals surface area (Å²) in [6.07, 6.45) is -7.16. The van der Waals surface area contributed by atoms with Crippen molar-refractivity contribution in [2.24, 2.45) is 0 Å². The van der Waals surface area contributed by atoms with Crippen molar-refractivity contribution in [3.63, 3.8) is 0 Å². The molecule has 0 unspecified atom stereocenters. The van der Waals surface area contributed by atoms with Crippen molar-refractivity contribution < 1.29 is 44.3 Å². The van der Waals surface area contributed by atoms with Crippen molar-refractivity contribution in [2.75, 3.05) is 6.61 Å². The van der Waals surface area contributed by atoms with Crippen molar-refractivity contribution >= 4 is 34.2 Å². The van der Waals surface area contributed by atoms with Crippen molar-refractivity contribution in [1.29, 1.82) is 0 Å². The molecule has 1 aromatic carbocycles. The van der Waals surface area contributed by atoms with E-state index < -0.39 is 33.6 Å². The van der Waals surface area contributed by atoms with Crippen LogP contribution >= 0.6 is 34.2 Å². The van der Waals surface area contributed by atoms with E-state index in [1.54, 1.807) is 24.3 Å². The van der Waals surface area contributed by atoms with Crippen LogP contribution in [0.1, 0.15) is 19.3 Å². The number of rotatable bonds is 9. The Morgan fingerprint density at radius 3 is 1.93 bits per heavy atom. The Hall–Kier alpha value is -0.850. The van der Waals surface area contributed by atoms with Gasteiger partial charge in [-0.3, -0.25) is 0 Å². The van der Waals surface area contributed by atoms with Crippen LogP contribution in [-0.4, -0.2) is 30.6 Å². The molecule has 0 aromatic heterocycles. The number of hydrogen-bond donors (Lipinski definition) is 0. The number of unbranched alkanes of at least 4 members (excludes halogenated alkanes) is 1. The van der Waals surface area contributed by atoms with Crippen molar-refractivity contribution in [3.05, 3.63) is 38.9 Å². The maximum absolute atomic E-state index is 13.5. The van der Waals surface area contributed by atoms with E-state index in [1.807, 2.05) is 0 Å². The highest BCUT2D eigenvalue weighted by atomic mass is 127. The molecule has 160 valence electrons. The molecule has 1 aromatic rings. The van der Waals surface area contributed by atoms with Gasteiger partial charge < -0.3 is 4.74 Å². The van der Waals surface area contributed by atoms with Gasteiger partial charge >= 0.3 is 23.9 Å². The summed E-state index contributed by atoms with van der Waals surface area (Å²) in [6.45, 7) is 0.143. The lowest BCUT2D eigenvalue weighted by molar-refractivity contribution is -0.388. The molecule has 0 aliphatic carbocycles. The van der Waals surface area contributed by atoms with Crippen LogP contribution < -0.4 is 4.74 Å². The summed E-state index contributed by atoms with van der Waals surface area (Å²) in [4.78, 5) is 0. The summed E-state index contributed by atoms with van der Waals surface area (Å²) in [5.74, 6) is -18.7. The Balaban J connectivity index is 2.62. The fourth-order valence-electron chi connectivity index (χ4n) is 1.86. The topological polar surface area (TPSA) is 9.23 Å². The molecule has 28 heavy (non-hydrogen) atoms. The number of allylic oxidation sites excluding steroid dienone is 2. The van der Waals surface area contributed by atoms with Gasteiger partial charge in [-0.2, -0.15) is 39.5 Å². The average molecular weight is 555 g/mol. The Labute approximate surface area is 173 Å². The first-order valence-electron chi connectivity index (χ1n) is 7.57. The standard InChI is InChI=1S/C16H13ClF9IO/c17-10-4-6-12(7-5-10)28-8-2-1-3-11(27)9-13(18,19)14(20,21)15(22,23)16(24,25)26/h4-7,9H,1-3,8H2/b11-9+. The van der Waals surface area contributed by atoms with E-state index in [2.05, 4.69) is 0 Å². The summed E-state index contributed by atoms with van der Waals surface area (Å²) in [6, 6.07) is 6.30. The quantitative estimate of drug-likeness (QED) is 0.173. The summed E-state index contributed by atoms with van der Waals surface area (Å²) in [5, 5.41) is 0.487. The Bertz CT molecular complexity index is 672. The van der Waals surface area contributed by atoms with E-state index in [9.17, 15) is 39.5 Å². The van der Waals surface area contributed by atoms with Crippen molar-refractivity contribution in [2.45, 2.75) is 43.2 Å². The third-order valence-corrected chi connectivity index (χ3v) is 4.50. The van der Waals surface area contributed by atoms with Crippen LogP contribution in [0, 0.1) is 0 Å². The van der Waals surface area contributed by atoms with Crippen LogP contribution in [0.25, 0.3) is 0 Å². The van der Waals surface area contributed by atoms with Gasteiger partial charge in [-0.15, -0.1) is 0 Å². The van der Waals surface area contributed by atoms with Crippen LogP contribution in [0.2, 0.25) is 5.02 Å². The minimum Gasteiger partial charge on any atom is -0.494 e. The lowest BCUT2D eigenvalue weighted by Gasteiger charge is -2.32. The van der Waals surface area contributed by atoms with Crippen LogP contribution in [-0.2, 0) is 0 Å². The lowest BCUT2D eigenvalue weighted by atomic mass is 10.0. The second kappa shape index (κ2) is 9.31. The fourth-order valence-corrected chi connectivity index (χ4v) is 2.76. The molecule has 0 saturated heterocycles. The summed E-state index contributed by atoms with van der Waals surface area (Å²) >= 11 is 6.87. The highest BCUT2D eigenvalue weighted by molar-refractivity contribution is 14.1. The zero-order valence-corrected chi connectivity index (χ0v) is 16.7. The molecule has 0 aliphatic rings. The maximum atomic E-state index is 13.5. The number of halogens is 11. The molecular formula is C16H13ClF9IO. The third-order valence-electron chi connectivity index (χ3n) is 3.40. The van der Waals surface area contributed by atoms with Crippen molar-refractivity contribution in [1.82, 2.24) is 0 Å². The Kier molecular flexibility index (Phi) is 8.37. The van der Waals surface area contributed by atoms with Gasteiger partial charge in [0.25, 0.3) is 0 Å². The summed E-state index contributed by atoms with van der Waals surface area (Å²) < 4.78 is 120. The highest BCUT2D eigenvalue weighted by Crippen LogP contribution is 2.53. The molecule has 1 nitrogen and oxygen atoms in total. The molecule has 0 spiro atoms. The van der Waals surface area contributed by atoms with Gasteiger partial charge in [0.05, 0.1) is 6.61 Å². The summed E-state index contributed by atoms with van der Waals surface area (Å²) in [5.41, 5.74) is 0. The maximum Gasteiger partial charge on any atom is 0.460 e. The van der Waals surface area contributed by atoms with E-state index in [4.69, 9.17) is 16.3 Å². The number of hydrogen-bond acceptors (Lipinski definition) is 1.